The van der Waals surface area contributed by atoms with Crippen molar-refractivity contribution in [2.24, 2.45) is 0 Å². The second-order valence-electron chi connectivity index (χ2n) is 6.88. The van der Waals surface area contributed by atoms with E-state index in [1.54, 1.807) is 6.20 Å². The van der Waals surface area contributed by atoms with E-state index in [9.17, 15) is 4.79 Å². The Bertz CT molecular complexity index is 514. The van der Waals surface area contributed by atoms with Crippen LogP contribution in [0.2, 0.25) is 0 Å². The van der Waals surface area contributed by atoms with Crippen molar-refractivity contribution >= 4 is 17.7 Å². The third kappa shape index (κ3) is 5.20. The summed E-state index contributed by atoms with van der Waals surface area (Å²) in [6.45, 7) is 3.12. The zero-order chi connectivity index (χ0) is 17.4. The lowest BCUT2D eigenvalue weighted by Crippen LogP contribution is -2.40. The van der Waals surface area contributed by atoms with Gasteiger partial charge in [-0.2, -0.15) is 0 Å². The van der Waals surface area contributed by atoms with E-state index in [0.717, 1.165) is 35.8 Å². The molecule has 1 aliphatic heterocycles. The average molecular weight is 332 g/mol. The van der Waals surface area contributed by atoms with Gasteiger partial charge in [0.15, 0.2) is 0 Å². The number of likely N-dealkylation sites (tertiary alicyclic amines) is 1. The Morgan fingerprint density at radius 2 is 2.04 bits per heavy atom. The molecule has 2 fully saturated rings. The fourth-order valence-corrected chi connectivity index (χ4v) is 3.80. The predicted octanol–water partition coefficient (Wildman–Crippen LogP) is 3.39. The van der Waals surface area contributed by atoms with Gasteiger partial charge in [-0.15, -0.1) is 0 Å². The first kappa shape index (κ1) is 18.7. The molecule has 1 aliphatic carbocycles. The van der Waals surface area contributed by atoms with Crippen molar-refractivity contribution in [3.8, 4) is 0 Å². The minimum absolute atomic E-state index is 0.579. The molecule has 1 aromatic heterocycles. The molecule has 1 unspecified atom stereocenters. The summed E-state index contributed by atoms with van der Waals surface area (Å²) in [6.07, 6.45) is 13.1. The van der Waals surface area contributed by atoms with Crippen LogP contribution in [0.15, 0.2) is 12.3 Å². The van der Waals surface area contributed by atoms with Crippen molar-refractivity contribution in [2.75, 3.05) is 24.6 Å². The molecule has 0 spiro atoms. The van der Waals surface area contributed by atoms with Crippen LogP contribution < -0.4 is 11.1 Å². The van der Waals surface area contributed by atoms with Gasteiger partial charge in [0, 0.05) is 25.6 Å². The monoisotopic (exact) mass is 332 g/mol. The number of hydrogen-bond donors (Lipinski definition) is 2. The van der Waals surface area contributed by atoms with Gasteiger partial charge in [-0.05, 0) is 45.2 Å². The molecule has 24 heavy (non-hydrogen) atoms. The number of rotatable bonds is 4. The highest BCUT2D eigenvalue weighted by Gasteiger charge is 2.30. The third-order valence-electron chi connectivity index (χ3n) is 5.25. The molecule has 0 amide bonds. The Morgan fingerprint density at radius 3 is 2.67 bits per heavy atom. The molecule has 1 saturated heterocycles. The number of nitrogens with one attached hydrogen (secondary N) is 1. The number of aryl methyl sites for hydroxylation is 1. The van der Waals surface area contributed by atoms with Crippen LogP contribution in [0.1, 0.15) is 57.1 Å². The second kappa shape index (κ2) is 9.62. The smallest absolute Gasteiger partial charge is 0.121 e. The second-order valence-corrected chi connectivity index (χ2v) is 6.88. The molecule has 0 radical (unpaired) electrons. The molecule has 2 heterocycles. The first-order valence-corrected chi connectivity index (χ1v) is 9.25. The molecule has 5 heteroatoms. The van der Waals surface area contributed by atoms with Crippen LogP contribution in [-0.4, -0.2) is 41.8 Å². The van der Waals surface area contributed by atoms with Crippen LogP contribution in [0.5, 0.6) is 0 Å². The van der Waals surface area contributed by atoms with Gasteiger partial charge in [0.1, 0.15) is 6.29 Å². The van der Waals surface area contributed by atoms with Gasteiger partial charge in [-0.3, -0.25) is 9.88 Å². The maximum Gasteiger partial charge on any atom is 0.121 e. The van der Waals surface area contributed by atoms with Gasteiger partial charge in [0.2, 0.25) is 0 Å². The minimum Gasteiger partial charge on any atom is -0.397 e. The van der Waals surface area contributed by atoms with E-state index in [1.165, 1.54) is 51.5 Å². The number of carbonyl (C=O) groups excluding carboxylic acids is 1. The first-order chi connectivity index (χ1) is 11.7. The van der Waals surface area contributed by atoms with Crippen molar-refractivity contribution in [1.82, 2.24) is 9.88 Å². The van der Waals surface area contributed by atoms with Crippen LogP contribution in [0.25, 0.3) is 0 Å². The molecule has 134 valence electrons. The zero-order valence-electron chi connectivity index (χ0n) is 15.1. The van der Waals surface area contributed by atoms with E-state index in [1.807, 2.05) is 20.0 Å². The Labute approximate surface area is 146 Å². The maximum atomic E-state index is 10.6. The molecule has 5 nitrogen and oxygen atoms in total. The summed E-state index contributed by atoms with van der Waals surface area (Å²) in [5.74, 6) is 0. The number of pyridine rings is 1. The summed E-state index contributed by atoms with van der Waals surface area (Å²) in [6, 6.07) is 3.24. The molecular formula is C19H32N4O. The largest absolute Gasteiger partial charge is 0.397 e. The molecule has 1 saturated carbocycles. The highest BCUT2D eigenvalue weighted by atomic mass is 16.1. The quantitative estimate of drug-likeness (QED) is 0.827. The lowest BCUT2D eigenvalue weighted by atomic mass is 9.93. The molecule has 1 atom stereocenters. The number of carbonyl (C=O) groups is 1. The summed E-state index contributed by atoms with van der Waals surface area (Å²) < 4.78 is 0. The van der Waals surface area contributed by atoms with Gasteiger partial charge >= 0.3 is 0 Å². The zero-order valence-corrected chi connectivity index (χ0v) is 15.1. The van der Waals surface area contributed by atoms with Gasteiger partial charge in [-0.25, -0.2) is 0 Å². The van der Waals surface area contributed by atoms with E-state index in [0.29, 0.717) is 6.04 Å². The molecule has 3 N–H and O–H groups in total. The Hall–Kier alpha value is -1.62. The van der Waals surface area contributed by atoms with Gasteiger partial charge in [0.25, 0.3) is 0 Å². The predicted molar refractivity (Wildman–Crippen MR) is 100 cm³/mol. The molecule has 3 rings (SSSR count). The highest BCUT2D eigenvalue weighted by Crippen LogP contribution is 2.29. The van der Waals surface area contributed by atoms with Crippen molar-refractivity contribution in [2.45, 2.75) is 70.4 Å². The average Bonchev–Trinajstić information content (AvgIpc) is 3.07. The van der Waals surface area contributed by atoms with E-state index >= 15 is 0 Å². The normalized spacial score (nSPS) is 21.8. The minimum atomic E-state index is 0.579. The summed E-state index contributed by atoms with van der Waals surface area (Å²) in [7, 11) is 1.84. The van der Waals surface area contributed by atoms with Gasteiger partial charge in [0.05, 0.1) is 23.3 Å². The number of aldehydes is 1. The van der Waals surface area contributed by atoms with Crippen LogP contribution in [-0.2, 0) is 4.79 Å². The summed E-state index contributed by atoms with van der Waals surface area (Å²) >= 11 is 0. The fraction of sp³-hybridized carbons (Fsp3) is 0.684. The van der Waals surface area contributed by atoms with Crippen molar-refractivity contribution in [3.63, 3.8) is 0 Å². The van der Waals surface area contributed by atoms with Crippen LogP contribution in [0.4, 0.5) is 11.4 Å². The fourth-order valence-electron chi connectivity index (χ4n) is 3.80. The molecule has 0 bridgehead atoms. The lowest BCUT2D eigenvalue weighted by Gasteiger charge is -2.34. The SMILES string of the molecule is CNc1cnc(C)c(N)c1.O=CCC1CCCN1C1CCCCC1. The van der Waals surface area contributed by atoms with Crippen molar-refractivity contribution in [3.05, 3.63) is 18.0 Å². The summed E-state index contributed by atoms with van der Waals surface area (Å²) in [4.78, 5) is 17.2. The first-order valence-electron chi connectivity index (χ1n) is 9.25. The highest BCUT2D eigenvalue weighted by molar-refractivity contribution is 5.54. The van der Waals surface area contributed by atoms with Gasteiger partial charge < -0.3 is 15.8 Å². The summed E-state index contributed by atoms with van der Waals surface area (Å²) in [5.41, 5.74) is 8.14. The van der Waals surface area contributed by atoms with E-state index in [-0.39, 0.29) is 0 Å². The molecule has 1 aromatic rings. The number of nitrogen functional groups attached to an aromatic ring is 1. The molecular weight excluding hydrogens is 300 g/mol. The number of anilines is 2. The molecule has 0 aromatic carbocycles. The number of nitrogens with two attached hydrogens (primary N) is 1. The standard InChI is InChI=1S/C12H21NO.C7H11N3/c14-10-8-12-7-4-9-13(12)11-5-2-1-3-6-11;1-5-7(8)3-6(9-2)4-10-5/h10-12H,1-9H2;3-4,9H,8H2,1-2H3. The Kier molecular flexibility index (Phi) is 7.50. The summed E-state index contributed by atoms with van der Waals surface area (Å²) in [5, 5.41) is 2.95. The third-order valence-corrected chi connectivity index (χ3v) is 5.25. The van der Waals surface area contributed by atoms with E-state index in [4.69, 9.17) is 5.73 Å². The van der Waals surface area contributed by atoms with Crippen LogP contribution in [0, 0.1) is 6.92 Å². The number of aromatic nitrogens is 1. The topological polar surface area (TPSA) is 71.2 Å². The van der Waals surface area contributed by atoms with E-state index in [2.05, 4.69) is 15.2 Å². The van der Waals surface area contributed by atoms with Gasteiger partial charge in [-0.1, -0.05) is 19.3 Å². The molecule has 2 aliphatic rings. The van der Waals surface area contributed by atoms with Crippen LogP contribution in [0.3, 0.4) is 0 Å². The Morgan fingerprint density at radius 1 is 1.29 bits per heavy atom. The van der Waals surface area contributed by atoms with E-state index < -0.39 is 0 Å². The van der Waals surface area contributed by atoms with Crippen LogP contribution >= 0.6 is 0 Å². The lowest BCUT2D eigenvalue weighted by molar-refractivity contribution is -0.108. The van der Waals surface area contributed by atoms with Crippen molar-refractivity contribution in [1.29, 1.82) is 0 Å². The Balaban J connectivity index is 0.000000185. The number of hydrogen-bond acceptors (Lipinski definition) is 5. The maximum absolute atomic E-state index is 10.6. The van der Waals surface area contributed by atoms with Crippen molar-refractivity contribution < 1.29 is 4.79 Å². The number of nitrogens with zero attached hydrogens (tertiary/aromatic N) is 2.